The maximum atomic E-state index is 12.5. The minimum atomic E-state index is -1.14. The molecule has 1 aliphatic heterocycles. The summed E-state index contributed by atoms with van der Waals surface area (Å²) in [5.41, 5.74) is 0.358. The number of pyridine rings is 1. The number of hydrogen-bond donors (Lipinski definition) is 2. The third-order valence-corrected chi connectivity index (χ3v) is 4.67. The fraction of sp³-hybridized carbons (Fsp3) is 0.125. The van der Waals surface area contributed by atoms with Crippen LogP contribution in [0.2, 0.25) is 0 Å². The van der Waals surface area contributed by atoms with Gasteiger partial charge >= 0.3 is 5.97 Å². The minimum Gasteiger partial charge on any atom is -0.508 e. The van der Waals surface area contributed by atoms with E-state index in [4.69, 9.17) is 0 Å². The van der Waals surface area contributed by atoms with E-state index in [0.717, 1.165) is 16.7 Å². The van der Waals surface area contributed by atoms with E-state index in [9.17, 15) is 24.6 Å². The average Bonchev–Trinajstić information content (AvgIpc) is 2.83. The molecule has 1 atom stereocenters. The van der Waals surface area contributed by atoms with E-state index in [0.29, 0.717) is 5.69 Å². The normalized spacial score (nSPS) is 17.3. The number of rotatable bonds is 4. The van der Waals surface area contributed by atoms with Crippen LogP contribution in [0.25, 0.3) is 0 Å². The largest absolute Gasteiger partial charge is 0.508 e. The number of carbonyl (C=O) groups is 3. The minimum absolute atomic E-state index is 0.00849. The van der Waals surface area contributed by atoms with Crippen molar-refractivity contribution in [3.63, 3.8) is 0 Å². The van der Waals surface area contributed by atoms with Gasteiger partial charge in [-0.05, 0) is 36.4 Å². The van der Waals surface area contributed by atoms with E-state index in [1.165, 1.54) is 42.6 Å². The maximum absolute atomic E-state index is 12.5. The summed E-state index contributed by atoms with van der Waals surface area (Å²) in [6, 6.07) is 8.62. The number of nitrogens with zero attached hydrogens (tertiary/aromatic N) is 2. The van der Waals surface area contributed by atoms with Gasteiger partial charge in [0.2, 0.25) is 11.8 Å². The van der Waals surface area contributed by atoms with Gasteiger partial charge in [-0.15, -0.1) is 0 Å². The van der Waals surface area contributed by atoms with E-state index in [2.05, 4.69) is 4.98 Å². The number of aromatic nitrogens is 1. The highest BCUT2D eigenvalue weighted by Gasteiger charge is 2.40. The SMILES string of the molecule is O=C(O)c1cccnc1SC1CC(=O)N(c2ccc(O)cc2)C1=O. The van der Waals surface area contributed by atoms with Crippen LogP contribution < -0.4 is 4.90 Å². The number of carboxylic acids is 1. The zero-order valence-electron chi connectivity index (χ0n) is 12.2. The van der Waals surface area contributed by atoms with Crippen LogP contribution in [0.1, 0.15) is 16.8 Å². The number of benzene rings is 1. The van der Waals surface area contributed by atoms with E-state index < -0.39 is 17.1 Å². The number of amides is 2. The van der Waals surface area contributed by atoms with Gasteiger partial charge in [0.15, 0.2) is 0 Å². The summed E-state index contributed by atoms with van der Waals surface area (Å²) in [4.78, 5) is 41.0. The molecular weight excluding hydrogens is 332 g/mol. The van der Waals surface area contributed by atoms with Gasteiger partial charge < -0.3 is 10.2 Å². The molecule has 1 unspecified atom stereocenters. The molecule has 0 saturated carbocycles. The number of anilines is 1. The molecule has 1 aliphatic rings. The summed E-state index contributed by atoms with van der Waals surface area (Å²) in [5, 5.41) is 17.9. The molecule has 0 radical (unpaired) electrons. The quantitative estimate of drug-likeness (QED) is 0.816. The van der Waals surface area contributed by atoms with Crippen LogP contribution in [-0.2, 0) is 9.59 Å². The highest BCUT2D eigenvalue weighted by atomic mass is 32.2. The van der Waals surface area contributed by atoms with Gasteiger partial charge in [0, 0.05) is 12.6 Å². The lowest BCUT2D eigenvalue weighted by molar-refractivity contribution is -0.121. The van der Waals surface area contributed by atoms with Crippen molar-refractivity contribution in [2.24, 2.45) is 0 Å². The van der Waals surface area contributed by atoms with Crippen LogP contribution in [0.5, 0.6) is 5.75 Å². The Bertz CT molecular complexity index is 821. The van der Waals surface area contributed by atoms with Gasteiger partial charge in [-0.3, -0.25) is 9.59 Å². The fourth-order valence-electron chi connectivity index (χ4n) is 2.35. The molecule has 122 valence electrons. The lowest BCUT2D eigenvalue weighted by atomic mass is 10.3. The van der Waals surface area contributed by atoms with Gasteiger partial charge in [-0.1, -0.05) is 11.8 Å². The van der Waals surface area contributed by atoms with Crippen molar-refractivity contribution in [1.82, 2.24) is 4.98 Å². The summed E-state index contributed by atoms with van der Waals surface area (Å²) >= 11 is 0.966. The number of carboxylic acid groups (broad SMARTS) is 1. The summed E-state index contributed by atoms with van der Waals surface area (Å²) in [6.07, 6.45) is 1.40. The molecule has 2 heterocycles. The standard InChI is InChI=1S/C16H12N2O5S/c19-10-5-3-9(4-6-10)18-13(20)8-12(15(18)21)24-14-11(16(22)23)2-1-7-17-14/h1-7,12,19H,8H2,(H,22,23). The van der Waals surface area contributed by atoms with Crippen molar-refractivity contribution in [2.75, 3.05) is 4.90 Å². The number of thioether (sulfide) groups is 1. The molecule has 0 spiro atoms. The molecule has 2 aromatic rings. The monoisotopic (exact) mass is 344 g/mol. The lowest BCUT2D eigenvalue weighted by Crippen LogP contribution is -2.31. The molecule has 0 aliphatic carbocycles. The number of imide groups is 1. The fourth-order valence-corrected chi connectivity index (χ4v) is 3.46. The number of aromatic carboxylic acids is 1. The maximum Gasteiger partial charge on any atom is 0.338 e. The first-order valence-electron chi connectivity index (χ1n) is 6.98. The molecule has 24 heavy (non-hydrogen) atoms. The molecule has 2 amide bonds. The summed E-state index contributed by atoms with van der Waals surface area (Å²) in [6.45, 7) is 0. The van der Waals surface area contributed by atoms with Crippen molar-refractivity contribution < 1.29 is 24.6 Å². The van der Waals surface area contributed by atoms with Crippen LogP contribution in [0.3, 0.4) is 0 Å². The lowest BCUT2D eigenvalue weighted by Gasteiger charge is -2.15. The summed E-state index contributed by atoms with van der Waals surface area (Å²) < 4.78 is 0. The molecule has 2 N–H and O–H groups in total. The Morgan fingerprint density at radius 2 is 1.92 bits per heavy atom. The highest BCUT2D eigenvalue weighted by Crippen LogP contribution is 2.34. The first kappa shape index (κ1) is 16.0. The predicted octanol–water partition coefficient (Wildman–Crippen LogP) is 1.91. The van der Waals surface area contributed by atoms with Gasteiger partial charge in [0.1, 0.15) is 10.8 Å². The van der Waals surface area contributed by atoms with E-state index in [1.54, 1.807) is 0 Å². The van der Waals surface area contributed by atoms with Gasteiger partial charge in [-0.25, -0.2) is 14.7 Å². The van der Waals surface area contributed by atoms with Crippen molar-refractivity contribution in [3.05, 3.63) is 48.2 Å². The predicted molar refractivity (Wildman–Crippen MR) is 86.1 cm³/mol. The Kier molecular flexibility index (Phi) is 4.22. The molecule has 1 saturated heterocycles. The smallest absolute Gasteiger partial charge is 0.338 e. The molecule has 1 aromatic heterocycles. The number of carbonyl (C=O) groups excluding carboxylic acids is 2. The van der Waals surface area contributed by atoms with Gasteiger partial charge in [-0.2, -0.15) is 0 Å². The Morgan fingerprint density at radius 1 is 1.21 bits per heavy atom. The Labute approximate surface area is 140 Å². The number of phenols is 1. The second-order valence-electron chi connectivity index (χ2n) is 5.06. The molecule has 8 heteroatoms. The Hall–Kier alpha value is -2.87. The van der Waals surface area contributed by atoms with E-state index in [-0.39, 0.29) is 28.7 Å². The number of aromatic hydroxyl groups is 1. The topological polar surface area (TPSA) is 108 Å². The van der Waals surface area contributed by atoms with Crippen molar-refractivity contribution >= 4 is 35.2 Å². The molecule has 0 bridgehead atoms. The molecule has 3 rings (SSSR count). The van der Waals surface area contributed by atoms with Crippen LogP contribution in [0.15, 0.2) is 47.6 Å². The Morgan fingerprint density at radius 3 is 2.58 bits per heavy atom. The Balaban J connectivity index is 1.85. The van der Waals surface area contributed by atoms with Crippen molar-refractivity contribution in [1.29, 1.82) is 0 Å². The first-order valence-corrected chi connectivity index (χ1v) is 7.86. The second kappa shape index (κ2) is 6.32. The molecule has 1 fully saturated rings. The van der Waals surface area contributed by atoms with Crippen molar-refractivity contribution in [2.45, 2.75) is 16.7 Å². The second-order valence-corrected chi connectivity index (χ2v) is 6.25. The van der Waals surface area contributed by atoms with Crippen LogP contribution in [-0.4, -0.2) is 38.2 Å². The third-order valence-electron chi connectivity index (χ3n) is 3.47. The van der Waals surface area contributed by atoms with Crippen molar-refractivity contribution in [3.8, 4) is 5.75 Å². The van der Waals surface area contributed by atoms with Crippen LogP contribution in [0.4, 0.5) is 5.69 Å². The zero-order valence-corrected chi connectivity index (χ0v) is 13.1. The van der Waals surface area contributed by atoms with E-state index in [1.807, 2.05) is 0 Å². The molecular formula is C16H12N2O5S. The van der Waals surface area contributed by atoms with Crippen LogP contribution >= 0.6 is 11.8 Å². The van der Waals surface area contributed by atoms with Gasteiger partial charge in [0.25, 0.3) is 0 Å². The zero-order chi connectivity index (χ0) is 17.3. The number of hydrogen-bond acceptors (Lipinski definition) is 6. The third kappa shape index (κ3) is 2.95. The van der Waals surface area contributed by atoms with Crippen LogP contribution in [0, 0.1) is 0 Å². The first-order chi connectivity index (χ1) is 11.5. The van der Waals surface area contributed by atoms with E-state index >= 15 is 0 Å². The van der Waals surface area contributed by atoms with Gasteiger partial charge in [0.05, 0.1) is 16.5 Å². The average molecular weight is 344 g/mol. The highest BCUT2D eigenvalue weighted by molar-refractivity contribution is 8.00. The summed E-state index contributed by atoms with van der Waals surface area (Å²) in [5.74, 6) is -1.92. The molecule has 1 aromatic carbocycles. The summed E-state index contributed by atoms with van der Waals surface area (Å²) in [7, 11) is 0. The number of phenolic OH excluding ortho intramolecular Hbond substituents is 1. The molecule has 7 nitrogen and oxygen atoms in total.